The van der Waals surface area contributed by atoms with Crippen LogP contribution in [-0.2, 0) is 19.6 Å². The number of ether oxygens (including phenoxy) is 1. The number of aryl methyl sites for hydroxylation is 1. The second-order valence-electron chi connectivity index (χ2n) is 5.28. The second kappa shape index (κ2) is 8.32. The third kappa shape index (κ3) is 4.71. The lowest BCUT2D eigenvalue weighted by Crippen LogP contribution is -2.11. The van der Waals surface area contributed by atoms with E-state index in [1.165, 1.54) is 30.3 Å². The summed E-state index contributed by atoms with van der Waals surface area (Å²) in [5.41, 5.74) is 0.934. The summed E-state index contributed by atoms with van der Waals surface area (Å²) in [6, 6.07) is 14.2. The summed E-state index contributed by atoms with van der Waals surface area (Å²) in [6.07, 6.45) is 1.23. The van der Waals surface area contributed by atoms with Crippen LogP contribution >= 0.6 is 0 Å². The largest absolute Gasteiger partial charge is 0.462 e. The summed E-state index contributed by atoms with van der Waals surface area (Å²) in [4.78, 5) is 11.8. The van der Waals surface area contributed by atoms with Crippen LogP contribution in [0.5, 0.6) is 5.75 Å². The number of carbonyl (C=O) groups is 1. The molecule has 0 atom stereocenters. The second-order valence-corrected chi connectivity index (χ2v) is 6.82. The highest BCUT2D eigenvalue weighted by atomic mass is 32.2. The van der Waals surface area contributed by atoms with E-state index < -0.39 is 16.1 Å². The summed E-state index contributed by atoms with van der Waals surface area (Å²) < 4.78 is 34.9. The van der Waals surface area contributed by atoms with E-state index in [2.05, 4.69) is 0 Å². The first-order valence-electron chi connectivity index (χ1n) is 7.76. The fraction of sp³-hybridized carbons (Fsp3) is 0.158. The van der Waals surface area contributed by atoms with E-state index in [1.807, 2.05) is 6.92 Å². The molecule has 0 spiro atoms. The van der Waals surface area contributed by atoms with Crippen molar-refractivity contribution in [2.24, 2.45) is 0 Å². The van der Waals surface area contributed by atoms with Gasteiger partial charge in [-0.3, -0.25) is 0 Å². The van der Waals surface area contributed by atoms with Gasteiger partial charge in [0, 0.05) is 5.56 Å². The van der Waals surface area contributed by atoms with Gasteiger partial charge < -0.3 is 8.92 Å². The van der Waals surface area contributed by atoms with Crippen LogP contribution in [0.2, 0.25) is 0 Å². The van der Waals surface area contributed by atoms with Gasteiger partial charge in [0.1, 0.15) is 22.3 Å². The highest BCUT2D eigenvalue weighted by Crippen LogP contribution is 2.25. The average Bonchev–Trinajstić information content (AvgIpc) is 2.61. The van der Waals surface area contributed by atoms with Gasteiger partial charge in [-0.05, 0) is 38.1 Å². The molecule has 0 fully saturated rings. The number of nitriles is 1. The Kier molecular flexibility index (Phi) is 6.15. The predicted octanol–water partition coefficient (Wildman–Crippen LogP) is 3.23. The lowest BCUT2D eigenvalue weighted by atomic mass is 10.1. The average molecular weight is 371 g/mol. The van der Waals surface area contributed by atoms with Gasteiger partial charge >= 0.3 is 16.1 Å². The van der Waals surface area contributed by atoms with E-state index in [0.717, 1.165) is 5.56 Å². The molecule has 0 N–H and O–H groups in total. The van der Waals surface area contributed by atoms with Crippen molar-refractivity contribution in [1.29, 1.82) is 5.26 Å². The van der Waals surface area contributed by atoms with Gasteiger partial charge in [0.2, 0.25) is 0 Å². The van der Waals surface area contributed by atoms with Crippen LogP contribution in [0.1, 0.15) is 18.1 Å². The lowest BCUT2D eigenvalue weighted by Gasteiger charge is -2.10. The number of benzene rings is 2. The van der Waals surface area contributed by atoms with E-state index in [4.69, 9.17) is 14.2 Å². The van der Waals surface area contributed by atoms with Crippen molar-refractivity contribution in [3.63, 3.8) is 0 Å². The third-order valence-electron chi connectivity index (χ3n) is 3.34. The predicted molar refractivity (Wildman–Crippen MR) is 95.7 cm³/mol. The Morgan fingerprint density at radius 1 is 1.15 bits per heavy atom. The van der Waals surface area contributed by atoms with Gasteiger partial charge in [0.15, 0.2) is 0 Å². The van der Waals surface area contributed by atoms with Crippen molar-refractivity contribution in [2.75, 3.05) is 6.61 Å². The van der Waals surface area contributed by atoms with Gasteiger partial charge in [0.25, 0.3) is 0 Å². The number of hydrogen-bond acceptors (Lipinski definition) is 6. The Balaban J connectivity index is 2.39. The summed E-state index contributed by atoms with van der Waals surface area (Å²) in [5.74, 6) is -0.781. The molecule has 2 aromatic carbocycles. The van der Waals surface area contributed by atoms with Crippen LogP contribution < -0.4 is 4.18 Å². The minimum atomic E-state index is -4.05. The maximum Gasteiger partial charge on any atom is 0.348 e. The molecule has 0 heterocycles. The number of nitrogens with zero attached hydrogens (tertiary/aromatic N) is 1. The molecule has 0 aromatic heterocycles. The Morgan fingerprint density at radius 3 is 2.42 bits per heavy atom. The highest BCUT2D eigenvalue weighted by Gasteiger charge is 2.19. The molecule has 0 aliphatic heterocycles. The van der Waals surface area contributed by atoms with Crippen molar-refractivity contribution >= 4 is 22.2 Å². The summed E-state index contributed by atoms with van der Waals surface area (Å²) >= 11 is 0. The number of carbonyl (C=O) groups excluding carboxylic acids is 1. The maximum absolute atomic E-state index is 12.5. The third-order valence-corrected chi connectivity index (χ3v) is 4.59. The number of hydrogen-bond donors (Lipinski definition) is 0. The van der Waals surface area contributed by atoms with Crippen LogP contribution in [0.4, 0.5) is 0 Å². The molecule has 0 amide bonds. The Bertz CT molecular complexity index is 970. The SMILES string of the molecule is CCOC(=O)/C(C#N)=C\c1ccccc1OS(=O)(=O)c1ccc(C)cc1. The van der Waals surface area contributed by atoms with E-state index in [-0.39, 0.29) is 28.4 Å². The smallest absolute Gasteiger partial charge is 0.348 e. The minimum absolute atomic E-state index is 0.00474. The molecule has 0 unspecified atom stereocenters. The Labute approximate surface area is 152 Å². The van der Waals surface area contributed by atoms with Crippen molar-refractivity contribution in [3.8, 4) is 11.8 Å². The first kappa shape index (κ1) is 19.2. The van der Waals surface area contributed by atoms with Crippen LogP contribution in [0, 0.1) is 18.3 Å². The molecule has 0 saturated heterocycles. The summed E-state index contributed by atoms with van der Waals surface area (Å²) in [6.45, 7) is 3.59. The van der Waals surface area contributed by atoms with E-state index >= 15 is 0 Å². The van der Waals surface area contributed by atoms with Crippen LogP contribution in [0.15, 0.2) is 59.0 Å². The zero-order valence-corrected chi connectivity index (χ0v) is 15.1. The molecule has 0 aliphatic carbocycles. The Hall–Kier alpha value is -3.11. The molecule has 0 aliphatic rings. The summed E-state index contributed by atoms with van der Waals surface area (Å²) in [7, 11) is -4.05. The van der Waals surface area contributed by atoms with Crippen molar-refractivity contribution in [1.82, 2.24) is 0 Å². The monoisotopic (exact) mass is 371 g/mol. The molecule has 0 radical (unpaired) electrons. The zero-order chi connectivity index (χ0) is 19.2. The van der Waals surface area contributed by atoms with Crippen LogP contribution in [0.3, 0.4) is 0 Å². The van der Waals surface area contributed by atoms with E-state index in [0.29, 0.717) is 0 Å². The zero-order valence-electron chi connectivity index (χ0n) is 14.3. The fourth-order valence-corrected chi connectivity index (χ4v) is 3.00. The quantitative estimate of drug-likeness (QED) is 0.335. The fourth-order valence-electron chi connectivity index (χ4n) is 2.05. The molecular formula is C19H17NO5S. The van der Waals surface area contributed by atoms with Crippen LogP contribution in [0.25, 0.3) is 6.08 Å². The normalized spacial score (nSPS) is 11.5. The first-order valence-corrected chi connectivity index (χ1v) is 9.17. The van der Waals surface area contributed by atoms with Gasteiger partial charge in [-0.1, -0.05) is 35.9 Å². The molecule has 0 bridgehead atoms. The van der Waals surface area contributed by atoms with Crippen molar-refractivity contribution in [3.05, 3.63) is 65.2 Å². The molecular weight excluding hydrogens is 354 g/mol. The van der Waals surface area contributed by atoms with Gasteiger partial charge in [-0.2, -0.15) is 13.7 Å². The standard InChI is InChI=1S/C19H17NO5S/c1-3-24-19(21)16(13-20)12-15-6-4-5-7-18(15)25-26(22,23)17-10-8-14(2)9-11-17/h4-12H,3H2,1-2H3/b16-12-. The molecule has 2 rings (SSSR count). The first-order chi connectivity index (χ1) is 12.4. The Morgan fingerprint density at radius 2 is 1.81 bits per heavy atom. The maximum atomic E-state index is 12.5. The van der Waals surface area contributed by atoms with Crippen molar-refractivity contribution in [2.45, 2.75) is 18.7 Å². The summed E-state index contributed by atoms with van der Waals surface area (Å²) in [5, 5.41) is 9.13. The van der Waals surface area contributed by atoms with Crippen molar-refractivity contribution < 1.29 is 22.1 Å². The van der Waals surface area contributed by atoms with Gasteiger partial charge in [-0.15, -0.1) is 0 Å². The topological polar surface area (TPSA) is 93.5 Å². The molecule has 7 heteroatoms. The van der Waals surface area contributed by atoms with E-state index in [9.17, 15) is 13.2 Å². The molecule has 134 valence electrons. The number of esters is 1. The van der Waals surface area contributed by atoms with Gasteiger partial charge in [0.05, 0.1) is 6.61 Å². The molecule has 2 aromatic rings. The van der Waals surface area contributed by atoms with Gasteiger partial charge in [-0.25, -0.2) is 4.79 Å². The minimum Gasteiger partial charge on any atom is -0.462 e. The number of rotatable bonds is 6. The van der Waals surface area contributed by atoms with Crippen LogP contribution in [-0.4, -0.2) is 21.0 Å². The molecule has 26 heavy (non-hydrogen) atoms. The lowest BCUT2D eigenvalue weighted by molar-refractivity contribution is -0.137. The molecule has 6 nitrogen and oxygen atoms in total. The van der Waals surface area contributed by atoms with E-state index in [1.54, 1.807) is 37.3 Å². The molecule has 0 saturated carbocycles. The highest BCUT2D eigenvalue weighted by molar-refractivity contribution is 7.87. The number of para-hydroxylation sites is 1.